The predicted octanol–water partition coefficient (Wildman–Crippen LogP) is 5.82. The number of nitrogens with zero attached hydrogens (tertiary/aromatic N) is 4. The van der Waals surface area contributed by atoms with Crippen LogP contribution in [0.4, 0.5) is 0 Å². The van der Waals surface area contributed by atoms with Crippen molar-refractivity contribution >= 4 is 36.6 Å². The van der Waals surface area contributed by atoms with E-state index in [4.69, 9.17) is 5.10 Å². The zero-order valence-electron chi connectivity index (χ0n) is 25.1. The molecule has 2 saturated heterocycles. The minimum atomic E-state index is -0.701. The number of nitrogens with one attached hydrogen (secondary N) is 1. The summed E-state index contributed by atoms with van der Waals surface area (Å²) in [7, 11) is 0. The monoisotopic (exact) mass is 605 g/mol. The van der Waals surface area contributed by atoms with Crippen molar-refractivity contribution in [3.8, 4) is 0 Å². The second kappa shape index (κ2) is 14.9. The molecule has 5 rings (SSSR count). The molecule has 1 aromatic carbocycles. The molecular formula is C32H49Cl2N5O2. The number of hydrogen-bond acceptors (Lipinski definition) is 4. The third kappa shape index (κ3) is 7.29. The van der Waals surface area contributed by atoms with Crippen LogP contribution >= 0.6 is 24.8 Å². The average Bonchev–Trinajstić information content (AvgIpc) is 3.21. The van der Waals surface area contributed by atoms with Gasteiger partial charge in [-0.25, -0.2) is 0 Å². The summed E-state index contributed by atoms with van der Waals surface area (Å²) in [6.07, 6.45) is 10.3. The summed E-state index contributed by atoms with van der Waals surface area (Å²) in [4.78, 5) is 32.0. The summed E-state index contributed by atoms with van der Waals surface area (Å²) >= 11 is 0. The molecule has 3 heterocycles. The highest BCUT2D eigenvalue weighted by molar-refractivity contribution is 6.00. The minimum Gasteiger partial charge on any atom is -0.342 e. The zero-order valence-corrected chi connectivity index (χ0v) is 26.7. The molecule has 2 aromatic rings. The number of piperidine rings is 1. The van der Waals surface area contributed by atoms with E-state index in [9.17, 15) is 9.59 Å². The molecule has 3 fully saturated rings. The molecule has 1 spiro atoms. The van der Waals surface area contributed by atoms with Gasteiger partial charge in [0.25, 0.3) is 0 Å². The second-order valence-electron chi connectivity index (χ2n) is 12.2. The maximum atomic E-state index is 13.8. The third-order valence-electron chi connectivity index (χ3n) is 9.61. The van der Waals surface area contributed by atoms with Crippen molar-refractivity contribution in [1.29, 1.82) is 0 Å². The van der Waals surface area contributed by atoms with E-state index >= 15 is 0 Å². The first-order valence-corrected chi connectivity index (χ1v) is 15.3. The standard InChI is InChI=1S/C32H47N5O2.2ClH/c1-4-5-18-36-30(38)29(21-26-12-8-6-9-13-26)33-31(39)32(36)16-19-35(20-17-32)23-28-24(2)34-37(25(28)3)22-27-14-10-7-11-15-27;;/h7,10-11,14-15,26,29H,4-6,8-9,12-13,16-23H2,1-3H3,(H,33,39);2*1H/t29-;;/m0../s1. The number of piperazine rings is 1. The Morgan fingerprint density at radius 3 is 2.32 bits per heavy atom. The van der Waals surface area contributed by atoms with Crippen molar-refractivity contribution in [3.05, 3.63) is 52.8 Å². The number of carbonyl (C=O) groups is 2. The number of unbranched alkanes of at least 4 members (excludes halogenated alkanes) is 1. The zero-order chi connectivity index (χ0) is 27.4. The number of carbonyl (C=O) groups excluding carboxylic acids is 2. The number of benzene rings is 1. The number of likely N-dealkylation sites (tertiary alicyclic amines) is 1. The number of amides is 2. The summed E-state index contributed by atoms with van der Waals surface area (Å²) in [5.74, 6) is 0.809. The lowest BCUT2D eigenvalue weighted by Crippen LogP contribution is -2.73. The molecule has 228 valence electrons. The third-order valence-corrected chi connectivity index (χ3v) is 9.61. The summed E-state index contributed by atoms with van der Waals surface area (Å²) in [5.41, 5.74) is 4.10. The van der Waals surface area contributed by atoms with Gasteiger partial charge in [-0.15, -0.1) is 24.8 Å². The van der Waals surface area contributed by atoms with Crippen LogP contribution in [0.3, 0.4) is 0 Å². The fraction of sp³-hybridized carbons (Fsp3) is 0.656. The summed E-state index contributed by atoms with van der Waals surface area (Å²) in [5, 5.41) is 8.08. The van der Waals surface area contributed by atoms with Crippen molar-refractivity contribution in [1.82, 2.24) is 24.9 Å². The molecule has 2 aliphatic heterocycles. The Morgan fingerprint density at radius 2 is 1.66 bits per heavy atom. The van der Waals surface area contributed by atoms with Gasteiger partial charge in [0.05, 0.1) is 12.2 Å². The molecule has 1 atom stereocenters. The van der Waals surface area contributed by atoms with Gasteiger partial charge in [0.2, 0.25) is 11.8 Å². The summed E-state index contributed by atoms with van der Waals surface area (Å²) in [6.45, 7) is 10.3. The molecule has 0 radical (unpaired) electrons. The van der Waals surface area contributed by atoms with E-state index in [2.05, 4.69) is 59.9 Å². The Balaban J connectivity index is 0.00000231. The van der Waals surface area contributed by atoms with E-state index in [1.165, 1.54) is 48.9 Å². The fourth-order valence-corrected chi connectivity index (χ4v) is 7.11. The van der Waals surface area contributed by atoms with Gasteiger partial charge in [-0.1, -0.05) is 75.8 Å². The van der Waals surface area contributed by atoms with Crippen LogP contribution in [-0.4, -0.2) is 62.6 Å². The van der Waals surface area contributed by atoms with Crippen LogP contribution in [0.2, 0.25) is 0 Å². The molecule has 1 aromatic heterocycles. The molecule has 0 unspecified atom stereocenters. The SMILES string of the molecule is CCCCN1C(=O)[C@H](CC2CCCCC2)NC(=O)C12CCN(Cc1c(C)nn(Cc3ccccc3)c1C)CC2.Cl.Cl. The normalized spacial score (nSPS) is 21.3. The molecule has 7 nitrogen and oxygen atoms in total. The highest BCUT2D eigenvalue weighted by atomic mass is 35.5. The lowest BCUT2D eigenvalue weighted by molar-refractivity contribution is -0.162. The minimum absolute atomic E-state index is 0. The Labute approximate surface area is 258 Å². The van der Waals surface area contributed by atoms with Gasteiger partial charge in [-0.2, -0.15) is 5.10 Å². The van der Waals surface area contributed by atoms with Crippen LogP contribution < -0.4 is 5.32 Å². The van der Waals surface area contributed by atoms with E-state index in [1.807, 2.05) is 11.0 Å². The molecule has 1 aliphatic carbocycles. The van der Waals surface area contributed by atoms with Crippen molar-refractivity contribution in [2.45, 2.75) is 110 Å². The second-order valence-corrected chi connectivity index (χ2v) is 12.2. The van der Waals surface area contributed by atoms with Gasteiger partial charge in [-0.3, -0.25) is 19.2 Å². The quantitative estimate of drug-likeness (QED) is 0.391. The van der Waals surface area contributed by atoms with E-state index in [-0.39, 0.29) is 42.7 Å². The Kier molecular flexibility index (Phi) is 12.1. The van der Waals surface area contributed by atoms with Crippen molar-refractivity contribution in [2.75, 3.05) is 19.6 Å². The fourth-order valence-electron chi connectivity index (χ4n) is 7.11. The molecule has 41 heavy (non-hydrogen) atoms. The van der Waals surface area contributed by atoms with E-state index in [0.717, 1.165) is 51.1 Å². The maximum absolute atomic E-state index is 13.8. The van der Waals surface area contributed by atoms with Gasteiger partial charge in [0.1, 0.15) is 11.6 Å². The van der Waals surface area contributed by atoms with Crippen LogP contribution in [0, 0.1) is 19.8 Å². The van der Waals surface area contributed by atoms with Gasteiger partial charge in [0, 0.05) is 37.4 Å². The number of rotatable bonds is 9. The van der Waals surface area contributed by atoms with Crippen molar-refractivity contribution in [3.63, 3.8) is 0 Å². The Hall–Kier alpha value is -2.09. The smallest absolute Gasteiger partial charge is 0.246 e. The average molecular weight is 607 g/mol. The molecular weight excluding hydrogens is 557 g/mol. The van der Waals surface area contributed by atoms with Crippen LogP contribution in [0.5, 0.6) is 0 Å². The highest BCUT2D eigenvalue weighted by Gasteiger charge is 2.53. The van der Waals surface area contributed by atoms with Crippen LogP contribution in [-0.2, 0) is 22.7 Å². The molecule has 1 N–H and O–H groups in total. The van der Waals surface area contributed by atoms with Crippen molar-refractivity contribution in [2.24, 2.45) is 5.92 Å². The number of aryl methyl sites for hydroxylation is 1. The van der Waals surface area contributed by atoms with Gasteiger partial charge < -0.3 is 10.2 Å². The van der Waals surface area contributed by atoms with E-state index < -0.39 is 5.54 Å². The van der Waals surface area contributed by atoms with Gasteiger partial charge in [0.15, 0.2) is 0 Å². The first-order valence-electron chi connectivity index (χ1n) is 15.3. The van der Waals surface area contributed by atoms with Crippen LogP contribution in [0.25, 0.3) is 0 Å². The summed E-state index contributed by atoms with van der Waals surface area (Å²) < 4.78 is 2.11. The van der Waals surface area contributed by atoms with Crippen molar-refractivity contribution < 1.29 is 9.59 Å². The van der Waals surface area contributed by atoms with E-state index in [1.54, 1.807) is 0 Å². The van der Waals surface area contributed by atoms with Crippen LogP contribution in [0.15, 0.2) is 30.3 Å². The Bertz CT molecular complexity index is 1140. The lowest BCUT2D eigenvalue weighted by Gasteiger charge is -2.52. The molecule has 3 aliphatic rings. The van der Waals surface area contributed by atoms with Crippen LogP contribution in [0.1, 0.15) is 93.6 Å². The molecule has 2 amide bonds. The molecule has 9 heteroatoms. The lowest BCUT2D eigenvalue weighted by atomic mass is 9.79. The van der Waals surface area contributed by atoms with Gasteiger partial charge >= 0.3 is 0 Å². The maximum Gasteiger partial charge on any atom is 0.246 e. The number of halogens is 2. The first kappa shape index (κ1) is 33.4. The molecule has 0 bridgehead atoms. The predicted molar refractivity (Wildman–Crippen MR) is 169 cm³/mol. The topological polar surface area (TPSA) is 70.5 Å². The van der Waals surface area contributed by atoms with E-state index in [0.29, 0.717) is 25.3 Å². The Morgan fingerprint density at radius 1 is 0.976 bits per heavy atom. The number of aromatic nitrogens is 2. The summed E-state index contributed by atoms with van der Waals surface area (Å²) in [6, 6.07) is 10.1. The highest BCUT2D eigenvalue weighted by Crippen LogP contribution is 2.36. The molecule has 1 saturated carbocycles. The largest absolute Gasteiger partial charge is 0.342 e. The number of hydrogen-bond donors (Lipinski definition) is 1. The first-order chi connectivity index (χ1) is 18.9. The van der Waals surface area contributed by atoms with Gasteiger partial charge in [-0.05, 0) is 51.0 Å².